The molecule has 1 fully saturated rings. The largest absolute Gasteiger partial charge is 0.338 e. The number of nitrogens with one attached hydrogen (secondary N) is 3. The van der Waals surface area contributed by atoms with Crippen LogP contribution in [0.25, 0.3) is 32.6 Å². The average Bonchev–Trinajstić information content (AvgIpc) is 3.61. The van der Waals surface area contributed by atoms with Gasteiger partial charge in [-0.15, -0.1) is 0 Å². The topological polar surface area (TPSA) is 139 Å². The van der Waals surface area contributed by atoms with Crippen LogP contribution in [0.1, 0.15) is 25.3 Å². The smallest absolute Gasteiger partial charge is 0.321 e. The molecule has 0 unspecified atom stereocenters. The van der Waals surface area contributed by atoms with Gasteiger partial charge in [-0.2, -0.15) is 0 Å². The SMILES string of the molecule is CCNC(=O)Nc1nc2cc(-c3cnc(NS(=O)(=O)C4CC4)nc3)cc(-c3ccc(C)cn3)c2s1. The Kier molecular flexibility index (Phi) is 6.07. The maximum Gasteiger partial charge on any atom is 0.321 e. The van der Waals surface area contributed by atoms with E-state index < -0.39 is 10.0 Å². The fraction of sp³-hybridized carbons (Fsp3) is 0.261. The van der Waals surface area contributed by atoms with Gasteiger partial charge in [0.25, 0.3) is 0 Å². The highest BCUT2D eigenvalue weighted by Gasteiger charge is 2.36. The van der Waals surface area contributed by atoms with Gasteiger partial charge in [0, 0.05) is 36.3 Å². The monoisotopic (exact) mass is 509 g/mol. The molecule has 1 aliphatic carbocycles. The molecule has 35 heavy (non-hydrogen) atoms. The van der Waals surface area contributed by atoms with E-state index in [0.29, 0.717) is 35.6 Å². The molecule has 0 bridgehead atoms. The number of carbonyl (C=O) groups excluding carboxylic acids is 1. The summed E-state index contributed by atoms with van der Waals surface area (Å²) in [5.74, 6) is 0.0456. The van der Waals surface area contributed by atoms with Crippen LogP contribution in [0.3, 0.4) is 0 Å². The van der Waals surface area contributed by atoms with Crippen LogP contribution < -0.4 is 15.4 Å². The second-order valence-corrected chi connectivity index (χ2v) is 11.2. The number of nitrogens with zero attached hydrogens (tertiary/aromatic N) is 4. The average molecular weight is 510 g/mol. The maximum atomic E-state index is 12.2. The van der Waals surface area contributed by atoms with Crippen LogP contribution in [-0.2, 0) is 10.0 Å². The van der Waals surface area contributed by atoms with Crippen molar-refractivity contribution in [2.75, 3.05) is 16.6 Å². The van der Waals surface area contributed by atoms with Gasteiger partial charge in [-0.05, 0) is 56.0 Å². The summed E-state index contributed by atoms with van der Waals surface area (Å²) in [7, 11) is -3.44. The molecule has 0 radical (unpaired) electrons. The Morgan fingerprint density at radius 1 is 1.09 bits per heavy atom. The lowest BCUT2D eigenvalue weighted by molar-refractivity contribution is 0.252. The van der Waals surface area contributed by atoms with Crippen LogP contribution in [0.5, 0.6) is 0 Å². The third-order valence-corrected chi connectivity index (χ3v) is 8.25. The molecule has 0 saturated heterocycles. The Morgan fingerprint density at radius 2 is 1.86 bits per heavy atom. The number of carbonyl (C=O) groups is 1. The van der Waals surface area contributed by atoms with Crippen molar-refractivity contribution in [1.82, 2.24) is 25.3 Å². The van der Waals surface area contributed by atoms with Gasteiger partial charge < -0.3 is 5.32 Å². The number of aryl methyl sites for hydroxylation is 1. The first kappa shape index (κ1) is 23.1. The van der Waals surface area contributed by atoms with Crippen LogP contribution in [0.4, 0.5) is 15.9 Å². The number of rotatable bonds is 7. The number of thiazole rings is 1. The molecule has 10 nitrogen and oxygen atoms in total. The van der Waals surface area contributed by atoms with Crippen molar-refractivity contribution in [3.63, 3.8) is 0 Å². The van der Waals surface area contributed by atoms with E-state index in [9.17, 15) is 13.2 Å². The van der Waals surface area contributed by atoms with Crippen LogP contribution in [0, 0.1) is 6.92 Å². The lowest BCUT2D eigenvalue weighted by atomic mass is 10.0. The van der Waals surface area contributed by atoms with Crippen molar-refractivity contribution in [1.29, 1.82) is 0 Å². The van der Waals surface area contributed by atoms with Gasteiger partial charge in [0.05, 0.1) is 21.2 Å². The summed E-state index contributed by atoms with van der Waals surface area (Å²) in [6.07, 6.45) is 6.27. The first-order valence-electron chi connectivity index (χ1n) is 11.1. The molecule has 4 aromatic rings. The molecule has 3 aromatic heterocycles. The van der Waals surface area contributed by atoms with Gasteiger partial charge in [0.2, 0.25) is 16.0 Å². The van der Waals surface area contributed by atoms with Gasteiger partial charge in [-0.1, -0.05) is 17.4 Å². The van der Waals surface area contributed by atoms with Crippen molar-refractivity contribution < 1.29 is 13.2 Å². The molecular weight excluding hydrogens is 486 g/mol. The number of urea groups is 1. The summed E-state index contributed by atoms with van der Waals surface area (Å²) in [6.45, 7) is 4.32. The molecule has 0 atom stereocenters. The molecule has 1 aliphatic rings. The summed E-state index contributed by atoms with van der Waals surface area (Å²) in [6, 6.07) is 7.47. The summed E-state index contributed by atoms with van der Waals surface area (Å²) >= 11 is 1.37. The zero-order chi connectivity index (χ0) is 24.6. The van der Waals surface area contributed by atoms with Crippen LogP contribution in [-0.4, -0.2) is 46.2 Å². The third kappa shape index (κ3) is 5.08. The molecule has 0 spiro atoms. The van der Waals surface area contributed by atoms with Crippen LogP contribution in [0.2, 0.25) is 0 Å². The fourth-order valence-electron chi connectivity index (χ4n) is 3.49. The Morgan fingerprint density at radius 3 is 2.51 bits per heavy atom. The van der Waals surface area contributed by atoms with E-state index in [0.717, 1.165) is 27.1 Å². The Bertz CT molecular complexity index is 1500. The van der Waals surface area contributed by atoms with E-state index >= 15 is 0 Å². The van der Waals surface area contributed by atoms with Crippen molar-refractivity contribution >= 4 is 48.7 Å². The molecule has 1 saturated carbocycles. The van der Waals surface area contributed by atoms with Gasteiger partial charge in [0.1, 0.15) is 0 Å². The highest BCUT2D eigenvalue weighted by atomic mass is 32.2. The van der Waals surface area contributed by atoms with Gasteiger partial charge in [0.15, 0.2) is 5.13 Å². The minimum atomic E-state index is -3.44. The number of aromatic nitrogens is 4. The molecule has 1 aromatic carbocycles. The second kappa shape index (κ2) is 9.19. The van der Waals surface area contributed by atoms with Crippen molar-refractivity contribution in [2.45, 2.75) is 31.9 Å². The first-order chi connectivity index (χ1) is 16.8. The molecule has 5 rings (SSSR count). The first-order valence-corrected chi connectivity index (χ1v) is 13.4. The Hall–Kier alpha value is -3.64. The predicted octanol–water partition coefficient (Wildman–Crippen LogP) is 4.17. The summed E-state index contributed by atoms with van der Waals surface area (Å²) < 4.78 is 27.7. The zero-order valence-electron chi connectivity index (χ0n) is 19.1. The van der Waals surface area contributed by atoms with Crippen LogP contribution >= 0.6 is 11.3 Å². The summed E-state index contributed by atoms with van der Waals surface area (Å²) in [4.78, 5) is 29.6. The fourth-order valence-corrected chi connectivity index (χ4v) is 5.74. The minimum absolute atomic E-state index is 0.0456. The highest BCUT2D eigenvalue weighted by Crippen LogP contribution is 2.38. The summed E-state index contributed by atoms with van der Waals surface area (Å²) in [5, 5.41) is 5.58. The van der Waals surface area contributed by atoms with Gasteiger partial charge in [-0.3, -0.25) is 15.0 Å². The third-order valence-electron chi connectivity index (χ3n) is 5.42. The quantitative estimate of drug-likeness (QED) is 0.340. The number of benzene rings is 1. The number of anilines is 2. The molecule has 3 heterocycles. The van der Waals surface area contributed by atoms with E-state index in [2.05, 4.69) is 35.3 Å². The van der Waals surface area contributed by atoms with Crippen molar-refractivity contribution in [3.8, 4) is 22.4 Å². The standard InChI is InChI=1S/C23H23N7O3S2/c1-3-24-22(31)29-23-28-19-9-14(8-17(20(19)34-23)18-7-4-13(2)10-25-18)15-11-26-21(27-12-15)30-35(32,33)16-5-6-16/h4,7-12,16H,3,5-6H2,1-2H3,(H,26,27,30)(H2,24,28,29,31). The normalized spacial score (nSPS) is 13.5. The van der Waals surface area contributed by atoms with E-state index in [4.69, 9.17) is 0 Å². The molecule has 3 N–H and O–H groups in total. The molecule has 180 valence electrons. The van der Waals surface area contributed by atoms with E-state index in [-0.39, 0.29) is 17.2 Å². The number of hydrogen-bond donors (Lipinski definition) is 3. The predicted molar refractivity (Wildman–Crippen MR) is 137 cm³/mol. The van der Waals surface area contributed by atoms with Crippen molar-refractivity contribution in [3.05, 3.63) is 48.4 Å². The van der Waals surface area contributed by atoms with E-state index in [1.165, 1.54) is 11.3 Å². The van der Waals surface area contributed by atoms with E-state index in [1.54, 1.807) is 18.6 Å². The minimum Gasteiger partial charge on any atom is -0.338 e. The number of hydrogen-bond acceptors (Lipinski definition) is 8. The Balaban J connectivity index is 1.53. The molecule has 12 heteroatoms. The lowest BCUT2D eigenvalue weighted by Crippen LogP contribution is -2.28. The van der Waals surface area contributed by atoms with Crippen molar-refractivity contribution in [2.24, 2.45) is 0 Å². The zero-order valence-corrected chi connectivity index (χ0v) is 20.7. The number of amides is 2. The summed E-state index contributed by atoms with van der Waals surface area (Å²) in [5.41, 5.74) is 4.85. The number of fused-ring (bicyclic) bond motifs is 1. The molecule has 0 aliphatic heterocycles. The van der Waals surface area contributed by atoms with Crippen LogP contribution in [0.15, 0.2) is 42.9 Å². The second-order valence-electron chi connectivity index (χ2n) is 8.24. The molecule has 2 amide bonds. The maximum absolute atomic E-state index is 12.2. The lowest BCUT2D eigenvalue weighted by Gasteiger charge is -2.08. The Labute approximate surface area is 206 Å². The highest BCUT2D eigenvalue weighted by molar-refractivity contribution is 7.93. The number of pyridine rings is 1. The van der Waals surface area contributed by atoms with E-state index in [1.807, 2.05) is 38.1 Å². The van der Waals surface area contributed by atoms with Gasteiger partial charge >= 0.3 is 6.03 Å². The van der Waals surface area contributed by atoms with Gasteiger partial charge in [-0.25, -0.2) is 28.2 Å². The number of sulfonamides is 1. The molecular formula is C23H23N7O3S2.